The third-order valence-corrected chi connectivity index (χ3v) is 4.75. The number of aliphatic hydroxyl groups is 1. The van der Waals surface area contributed by atoms with E-state index >= 15 is 0 Å². The average Bonchev–Trinajstić information content (AvgIpc) is 2.86. The van der Waals surface area contributed by atoms with Crippen LogP contribution in [0, 0.1) is 11.6 Å². The molecule has 1 unspecified atom stereocenters. The molecule has 0 aliphatic carbocycles. The van der Waals surface area contributed by atoms with Crippen LogP contribution in [0.4, 0.5) is 8.78 Å². The second kappa shape index (κ2) is 5.72. The minimum atomic E-state index is -0.758. The highest BCUT2D eigenvalue weighted by molar-refractivity contribution is 7.19. The number of hydrogen-bond acceptors (Lipinski definition) is 2. The molecule has 0 spiro atoms. The van der Waals surface area contributed by atoms with Gasteiger partial charge in [0.1, 0.15) is 11.6 Å². The summed E-state index contributed by atoms with van der Waals surface area (Å²) in [4.78, 5) is 0.728. The fourth-order valence-corrected chi connectivity index (χ4v) is 3.37. The fraction of sp³-hybridized carbons (Fsp3) is 0.125. The monoisotopic (exact) mass is 324 g/mol. The lowest BCUT2D eigenvalue weighted by atomic mass is 10.1. The number of rotatable bonds is 3. The van der Waals surface area contributed by atoms with E-state index in [0.29, 0.717) is 5.56 Å². The molecule has 3 rings (SSSR count). The summed E-state index contributed by atoms with van der Waals surface area (Å²) in [5.74, 6) is -0.801. The van der Waals surface area contributed by atoms with Crippen molar-refractivity contribution in [1.82, 2.24) is 0 Å². The lowest BCUT2D eigenvalue weighted by molar-refractivity contribution is 0.182. The van der Waals surface area contributed by atoms with Gasteiger partial charge in [0, 0.05) is 16.0 Å². The maximum atomic E-state index is 13.4. The summed E-state index contributed by atoms with van der Waals surface area (Å²) in [5.41, 5.74) is 0.660. The first-order chi connectivity index (χ1) is 10.0. The highest BCUT2D eigenvalue weighted by atomic mass is 35.5. The number of fused-ring (bicyclic) bond motifs is 1. The van der Waals surface area contributed by atoms with Crippen molar-refractivity contribution in [2.24, 2.45) is 0 Å². The summed E-state index contributed by atoms with van der Waals surface area (Å²) < 4.78 is 27.3. The van der Waals surface area contributed by atoms with Crippen LogP contribution in [0.2, 0.25) is 5.02 Å². The molecule has 5 heteroatoms. The van der Waals surface area contributed by atoms with E-state index in [1.54, 1.807) is 12.1 Å². The maximum absolute atomic E-state index is 13.4. The number of halogens is 3. The largest absolute Gasteiger partial charge is 0.387 e. The van der Waals surface area contributed by atoms with Crippen LogP contribution in [-0.2, 0) is 6.42 Å². The molecule has 1 atom stereocenters. The standard InChI is InChI=1S/C16H11ClF2OS/c17-12-4-1-9(5-13(12)19)6-14(20)16-7-10-2-3-11(18)8-15(10)21-16/h1-5,7-8,14,20H,6H2. The van der Waals surface area contributed by atoms with Crippen molar-refractivity contribution in [3.05, 3.63) is 69.6 Å². The Hall–Kier alpha value is -1.49. The van der Waals surface area contributed by atoms with E-state index in [4.69, 9.17) is 11.6 Å². The molecule has 3 aromatic rings. The highest BCUT2D eigenvalue weighted by Gasteiger charge is 2.13. The van der Waals surface area contributed by atoms with Gasteiger partial charge in [-0.3, -0.25) is 0 Å². The second-order valence-electron chi connectivity index (χ2n) is 4.80. The molecular weight excluding hydrogens is 314 g/mol. The van der Waals surface area contributed by atoms with Crippen LogP contribution >= 0.6 is 22.9 Å². The smallest absolute Gasteiger partial charge is 0.142 e. The molecule has 0 saturated carbocycles. The van der Waals surface area contributed by atoms with Gasteiger partial charge in [0.15, 0.2) is 0 Å². The van der Waals surface area contributed by atoms with Crippen LogP contribution in [0.3, 0.4) is 0 Å². The second-order valence-corrected chi connectivity index (χ2v) is 6.32. The molecule has 21 heavy (non-hydrogen) atoms. The van der Waals surface area contributed by atoms with E-state index < -0.39 is 11.9 Å². The van der Waals surface area contributed by atoms with Gasteiger partial charge in [-0.25, -0.2) is 8.78 Å². The summed E-state index contributed by atoms with van der Waals surface area (Å²) in [7, 11) is 0. The molecule has 108 valence electrons. The predicted molar refractivity (Wildman–Crippen MR) is 81.9 cm³/mol. The Bertz CT molecular complexity index is 800. The van der Waals surface area contributed by atoms with Crippen LogP contribution in [0.25, 0.3) is 10.1 Å². The summed E-state index contributed by atoms with van der Waals surface area (Å²) in [6.45, 7) is 0. The average molecular weight is 325 g/mol. The van der Waals surface area contributed by atoms with Crippen molar-refractivity contribution in [3.63, 3.8) is 0 Å². The molecule has 0 bridgehead atoms. The van der Waals surface area contributed by atoms with Crippen molar-refractivity contribution in [1.29, 1.82) is 0 Å². The third-order valence-electron chi connectivity index (χ3n) is 3.24. The Kier molecular flexibility index (Phi) is 3.93. The minimum absolute atomic E-state index is 0.0607. The molecule has 0 saturated heterocycles. The molecule has 1 heterocycles. The van der Waals surface area contributed by atoms with E-state index in [9.17, 15) is 13.9 Å². The molecule has 1 N–H and O–H groups in total. The first-order valence-electron chi connectivity index (χ1n) is 6.34. The summed E-state index contributed by atoms with van der Waals surface area (Å²) in [5, 5.41) is 11.2. The van der Waals surface area contributed by atoms with Gasteiger partial charge in [0.2, 0.25) is 0 Å². The van der Waals surface area contributed by atoms with E-state index in [2.05, 4.69) is 0 Å². The van der Waals surface area contributed by atoms with Gasteiger partial charge < -0.3 is 5.11 Å². The quantitative estimate of drug-likeness (QED) is 0.710. The Morgan fingerprint density at radius 2 is 1.90 bits per heavy atom. The number of aliphatic hydroxyl groups excluding tert-OH is 1. The van der Waals surface area contributed by atoms with Crippen LogP contribution in [0.1, 0.15) is 16.5 Å². The normalized spacial score (nSPS) is 12.8. The molecule has 0 radical (unpaired) electrons. The Balaban J connectivity index is 1.85. The van der Waals surface area contributed by atoms with Gasteiger partial charge in [0.25, 0.3) is 0 Å². The van der Waals surface area contributed by atoms with Crippen LogP contribution < -0.4 is 0 Å². The van der Waals surface area contributed by atoms with Crippen LogP contribution in [0.15, 0.2) is 42.5 Å². The Labute approximate surface area is 129 Å². The topological polar surface area (TPSA) is 20.2 Å². The van der Waals surface area contributed by atoms with Gasteiger partial charge in [-0.05, 0) is 41.3 Å². The van der Waals surface area contributed by atoms with Crippen molar-refractivity contribution >= 4 is 33.0 Å². The molecule has 1 nitrogen and oxygen atoms in total. The molecule has 0 aliphatic heterocycles. The zero-order chi connectivity index (χ0) is 15.0. The van der Waals surface area contributed by atoms with Crippen molar-refractivity contribution in [2.45, 2.75) is 12.5 Å². The SMILES string of the molecule is OC(Cc1ccc(Cl)c(F)c1)c1cc2ccc(F)cc2s1. The predicted octanol–water partition coefficient (Wildman–Crippen LogP) is 5.11. The minimum Gasteiger partial charge on any atom is -0.387 e. The van der Waals surface area contributed by atoms with Gasteiger partial charge in [-0.2, -0.15) is 0 Å². The zero-order valence-electron chi connectivity index (χ0n) is 10.8. The fourth-order valence-electron chi connectivity index (χ4n) is 2.18. The molecule has 0 fully saturated rings. The number of benzene rings is 2. The first kappa shape index (κ1) is 14.4. The number of thiophene rings is 1. The van der Waals surface area contributed by atoms with E-state index in [1.807, 2.05) is 6.07 Å². The van der Waals surface area contributed by atoms with Crippen molar-refractivity contribution in [2.75, 3.05) is 0 Å². The summed E-state index contributed by atoms with van der Waals surface area (Å²) >= 11 is 6.97. The van der Waals surface area contributed by atoms with Crippen molar-refractivity contribution < 1.29 is 13.9 Å². The maximum Gasteiger partial charge on any atom is 0.142 e. The Morgan fingerprint density at radius 3 is 2.67 bits per heavy atom. The zero-order valence-corrected chi connectivity index (χ0v) is 12.4. The molecular formula is C16H11ClF2OS. The lowest BCUT2D eigenvalue weighted by Gasteiger charge is -2.08. The van der Waals surface area contributed by atoms with E-state index in [-0.39, 0.29) is 17.3 Å². The van der Waals surface area contributed by atoms with Gasteiger partial charge in [0.05, 0.1) is 11.1 Å². The van der Waals surface area contributed by atoms with Gasteiger partial charge in [-0.1, -0.05) is 23.7 Å². The van der Waals surface area contributed by atoms with Crippen LogP contribution in [0.5, 0.6) is 0 Å². The van der Waals surface area contributed by atoms with Gasteiger partial charge >= 0.3 is 0 Å². The molecule has 2 aromatic carbocycles. The lowest BCUT2D eigenvalue weighted by Crippen LogP contribution is -1.99. The van der Waals surface area contributed by atoms with E-state index in [1.165, 1.54) is 35.6 Å². The summed E-state index contributed by atoms with van der Waals surface area (Å²) in [6.07, 6.45) is -0.477. The third kappa shape index (κ3) is 3.07. The molecule has 1 aromatic heterocycles. The van der Waals surface area contributed by atoms with Crippen molar-refractivity contribution in [3.8, 4) is 0 Å². The van der Waals surface area contributed by atoms with E-state index in [0.717, 1.165) is 15.0 Å². The highest BCUT2D eigenvalue weighted by Crippen LogP contribution is 2.32. The Morgan fingerprint density at radius 1 is 1.10 bits per heavy atom. The molecule has 0 amide bonds. The first-order valence-corrected chi connectivity index (χ1v) is 7.53. The van der Waals surface area contributed by atoms with Crippen LogP contribution in [-0.4, -0.2) is 5.11 Å². The number of hydrogen-bond donors (Lipinski definition) is 1. The summed E-state index contributed by atoms with van der Waals surface area (Å²) in [6, 6.07) is 10.8. The molecule has 0 aliphatic rings. The van der Waals surface area contributed by atoms with Gasteiger partial charge in [-0.15, -0.1) is 11.3 Å².